The van der Waals surface area contributed by atoms with Gasteiger partial charge in [-0.2, -0.15) is 5.10 Å². The predicted molar refractivity (Wildman–Crippen MR) is 88.9 cm³/mol. The van der Waals surface area contributed by atoms with Gasteiger partial charge in [0, 0.05) is 22.9 Å². The molecule has 5 nitrogen and oxygen atoms in total. The average Bonchev–Trinajstić information content (AvgIpc) is 2.89. The van der Waals surface area contributed by atoms with Gasteiger partial charge in [0.05, 0.1) is 5.52 Å². The molecule has 0 saturated carbocycles. The molecular formula is C14H16BrClN4O. The number of benzene rings is 1. The van der Waals surface area contributed by atoms with E-state index in [4.69, 9.17) is 0 Å². The van der Waals surface area contributed by atoms with Gasteiger partial charge in [-0.15, -0.1) is 12.4 Å². The Labute approximate surface area is 137 Å². The summed E-state index contributed by atoms with van der Waals surface area (Å²) in [5.74, 6) is -0.145. The highest BCUT2D eigenvalue weighted by molar-refractivity contribution is 9.10. The number of hydrogen-bond donors (Lipinski definition) is 3. The zero-order valence-corrected chi connectivity index (χ0v) is 13.7. The van der Waals surface area contributed by atoms with Crippen LogP contribution in [0.2, 0.25) is 0 Å². The normalized spacial score (nSPS) is 14.4. The molecule has 0 atom stereocenters. The molecule has 7 heteroatoms. The van der Waals surface area contributed by atoms with Crippen molar-refractivity contribution in [1.82, 2.24) is 20.8 Å². The molecule has 1 amide bonds. The van der Waals surface area contributed by atoms with Gasteiger partial charge in [0.15, 0.2) is 5.69 Å². The fourth-order valence-electron chi connectivity index (χ4n) is 2.27. The van der Waals surface area contributed by atoms with Crippen molar-refractivity contribution in [2.45, 2.75) is 6.42 Å². The van der Waals surface area contributed by atoms with E-state index in [1.54, 1.807) is 0 Å². The summed E-state index contributed by atoms with van der Waals surface area (Å²) in [4.78, 5) is 12.2. The first kappa shape index (κ1) is 16.0. The molecular weight excluding hydrogens is 356 g/mol. The Balaban J connectivity index is 0.00000161. The quantitative estimate of drug-likeness (QED) is 0.726. The summed E-state index contributed by atoms with van der Waals surface area (Å²) in [5.41, 5.74) is 2.56. The molecule has 0 saturated heterocycles. The molecule has 1 aromatic heterocycles. The van der Waals surface area contributed by atoms with Gasteiger partial charge < -0.3 is 10.6 Å². The number of amides is 1. The van der Waals surface area contributed by atoms with E-state index in [-0.39, 0.29) is 18.3 Å². The molecule has 1 aromatic carbocycles. The summed E-state index contributed by atoms with van der Waals surface area (Å²) in [7, 11) is 0. The van der Waals surface area contributed by atoms with E-state index in [2.05, 4.69) is 42.8 Å². The Hall–Kier alpha value is -1.37. The average molecular weight is 372 g/mol. The SMILES string of the molecule is Cl.O=C(NCC1=CCNCC1)c1n[nH]c2ccc(Br)cc12. The third-order valence-corrected chi connectivity index (χ3v) is 3.87. The third-order valence-electron chi connectivity index (χ3n) is 3.37. The summed E-state index contributed by atoms with van der Waals surface area (Å²) in [6.45, 7) is 2.44. The third kappa shape index (κ3) is 3.64. The van der Waals surface area contributed by atoms with Crippen molar-refractivity contribution < 1.29 is 4.79 Å². The van der Waals surface area contributed by atoms with Gasteiger partial charge in [0.25, 0.3) is 5.91 Å². The van der Waals surface area contributed by atoms with Crippen LogP contribution in [0.1, 0.15) is 16.9 Å². The molecule has 0 spiro atoms. The minimum Gasteiger partial charge on any atom is -0.347 e. The van der Waals surface area contributed by atoms with Crippen LogP contribution in [0.25, 0.3) is 10.9 Å². The Kier molecular flexibility index (Phi) is 5.39. The molecule has 0 aliphatic carbocycles. The van der Waals surface area contributed by atoms with Gasteiger partial charge in [0.2, 0.25) is 0 Å². The molecule has 0 fully saturated rings. The van der Waals surface area contributed by atoms with E-state index in [9.17, 15) is 4.79 Å². The summed E-state index contributed by atoms with van der Waals surface area (Å²) < 4.78 is 0.932. The Morgan fingerprint density at radius 2 is 2.29 bits per heavy atom. The molecule has 21 heavy (non-hydrogen) atoms. The largest absolute Gasteiger partial charge is 0.347 e. The van der Waals surface area contributed by atoms with Gasteiger partial charge >= 0.3 is 0 Å². The number of rotatable bonds is 3. The van der Waals surface area contributed by atoms with E-state index in [0.717, 1.165) is 34.9 Å². The summed E-state index contributed by atoms with van der Waals surface area (Å²) in [5, 5.41) is 14.0. The summed E-state index contributed by atoms with van der Waals surface area (Å²) in [6.07, 6.45) is 3.11. The van der Waals surface area contributed by atoms with Crippen molar-refractivity contribution in [2.75, 3.05) is 19.6 Å². The first-order valence-electron chi connectivity index (χ1n) is 6.54. The molecule has 2 aromatic rings. The number of aromatic nitrogens is 2. The van der Waals surface area contributed by atoms with Crippen molar-refractivity contribution >= 4 is 45.1 Å². The van der Waals surface area contributed by atoms with Gasteiger partial charge in [0.1, 0.15) is 0 Å². The lowest BCUT2D eigenvalue weighted by atomic mass is 10.1. The number of aromatic amines is 1. The highest BCUT2D eigenvalue weighted by Crippen LogP contribution is 2.21. The first-order valence-corrected chi connectivity index (χ1v) is 7.34. The minimum absolute atomic E-state index is 0. The first-order chi connectivity index (χ1) is 9.74. The maximum atomic E-state index is 12.2. The molecule has 1 aliphatic heterocycles. The fraction of sp³-hybridized carbons (Fsp3) is 0.286. The van der Waals surface area contributed by atoms with E-state index in [1.807, 2.05) is 18.2 Å². The monoisotopic (exact) mass is 370 g/mol. The summed E-state index contributed by atoms with van der Waals surface area (Å²) in [6, 6.07) is 5.72. The van der Waals surface area contributed by atoms with E-state index in [0.29, 0.717) is 12.2 Å². The second-order valence-electron chi connectivity index (χ2n) is 4.76. The number of nitrogens with one attached hydrogen (secondary N) is 3. The van der Waals surface area contributed by atoms with Crippen LogP contribution >= 0.6 is 28.3 Å². The maximum absolute atomic E-state index is 12.2. The lowest BCUT2D eigenvalue weighted by molar-refractivity contribution is 0.0953. The van der Waals surface area contributed by atoms with Gasteiger partial charge in [-0.25, -0.2) is 0 Å². The maximum Gasteiger partial charge on any atom is 0.272 e. The molecule has 0 radical (unpaired) electrons. The van der Waals surface area contributed by atoms with Crippen molar-refractivity contribution in [3.63, 3.8) is 0 Å². The van der Waals surface area contributed by atoms with Crippen LogP contribution < -0.4 is 10.6 Å². The molecule has 112 valence electrons. The number of carbonyl (C=O) groups excluding carboxylic acids is 1. The van der Waals surface area contributed by atoms with Crippen LogP contribution in [-0.4, -0.2) is 35.7 Å². The van der Waals surface area contributed by atoms with Gasteiger partial charge in [-0.3, -0.25) is 9.89 Å². The molecule has 0 bridgehead atoms. The number of halogens is 2. The highest BCUT2D eigenvalue weighted by atomic mass is 79.9. The van der Waals surface area contributed by atoms with Gasteiger partial charge in [-0.1, -0.05) is 27.6 Å². The number of hydrogen-bond acceptors (Lipinski definition) is 3. The molecule has 1 aliphatic rings. The smallest absolute Gasteiger partial charge is 0.272 e. The van der Waals surface area contributed by atoms with Crippen molar-refractivity contribution in [3.05, 3.63) is 40.0 Å². The lowest BCUT2D eigenvalue weighted by Crippen LogP contribution is -2.29. The second kappa shape index (κ2) is 7.06. The predicted octanol–water partition coefficient (Wildman–Crippen LogP) is 2.40. The molecule has 3 N–H and O–H groups in total. The molecule has 3 rings (SSSR count). The Bertz CT molecular complexity index is 683. The number of nitrogens with zero attached hydrogens (tertiary/aromatic N) is 1. The zero-order chi connectivity index (χ0) is 13.9. The molecule has 2 heterocycles. The zero-order valence-electron chi connectivity index (χ0n) is 11.3. The van der Waals surface area contributed by atoms with E-state index >= 15 is 0 Å². The van der Waals surface area contributed by atoms with Crippen LogP contribution in [0.15, 0.2) is 34.3 Å². The van der Waals surface area contributed by atoms with E-state index < -0.39 is 0 Å². The lowest BCUT2D eigenvalue weighted by Gasteiger charge is -2.14. The van der Waals surface area contributed by atoms with Gasteiger partial charge in [-0.05, 0) is 31.2 Å². The standard InChI is InChI=1S/C14H15BrN4O.ClH/c15-10-1-2-12-11(7-10)13(19-18-12)14(20)17-8-9-3-5-16-6-4-9;/h1-3,7,16H,4-6,8H2,(H,17,20)(H,18,19);1H. The topological polar surface area (TPSA) is 69.8 Å². The van der Waals surface area contributed by atoms with Crippen LogP contribution in [0, 0.1) is 0 Å². The number of fused-ring (bicyclic) bond motifs is 1. The van der Waals surface area contributed by atoms with E-state index in [1.165, 1.54) is 5.57 Å². The van der Waals surface area contributed by atoms with Crippen LogP contribution in [0.5, 0.6) is 0 Å². The van der Waals surface area contributed by atoms with Crippen LogP contribution in [0.3, 0.4) is 0 Å². The Morgan fingerprint density at radius 3 is 3.05 bits per heavy atom. The van der Waals surface area contributed by atoms with Crippen LogP contribution in [0.4, 0.5) is 0 Å². The Morgan fingerprint density at radius 1 is 1.43 bits per heavy atom. The number of H-pyrrole nitrogens is 1. The van der Waals surface area contributed by atoms with Crippen molar-refractivity contribution in [1.29, 1.82) is 0 Å². The van der Waals surface area contributed by atoms with Crippen molar-refractivity contribution in [3.8, 4) is 0 Å². The fourth-order valence-corrected chi connectivity index (χ4v) is 2.63. The minimum atomic E-state index is -0.145. The number of carbonyl (C=O) groups is 1. The van der Waals surface area contributed by atoms with Crippen molar-refractivity contribution in [2.24, 2.45) is 0 Å². The molecule has 0 unspecified atom stereocenters. The summed E-state index contributed by atoms with van der Waals surface area (Å²) >= 11 is 3.41. The highest BCUT2D eigenvalue weighted by Gasteiger charge is 2.14. The van der Waals surface area contributed by atoms with Crippen LogP contribution in [-0.2, 0) is 0 Å². The second-order valence-corrected chi connectivity index (χ2v) is 5.68.